The van der Waals surface area contributed by atoms with Crippen LogP contribution in [0.15, 0.2) is 24.4 Å². The summed E-state index contributed by atoms with van der Waals surface area (Å²) in [5, 5.41) is 3.26. The van der Waals surface area contributed by atoms with Crippen LogP contribution in [0.4, 0.5) is 5.82 Å². The topological polar surface area (TPSA) is 50.7 Å². The number of hydrogen-bond acceptors (Lipinski definition) is 4. The van der Waals surface area contributed by atoms with E-state index in [1.165, 1.54) is 0 Å². The molecule has 0 aromatic carbocycles. The van der Waals surface area contributed by atoms with E-state index < -0.39 is 0 Å². The van der Waals surface area contributed by atoms with Crippen LogP contribution in [0.25, 0.3) is 11.5 Å². The van der Waals surface area contributed by atoms with Gasteiger partial charge in [-0.3, -0.25) is 4.98 Å². The van der Waals surface area contributed by atoms with Gasteiger partial charge in [-0.15, -0.1) is 0 Å². The lowest BCUT2D eigenvalue weighted by molar-refractivity contribution is 0.873. The van der Waals surface area contributed by atoms with Gasteiger partial charge in [-0.05, 0) is 31.9 Å². The first-order chi connectivity index (χ1) is 9.24. The Morgan fingerprint density at radius 3 is 2.74 bits per heavy atom. The van der Waals surface area contributed by atoms with Crippen molar-refractivity contribution in [3.63, 3.8) is 0 Å². The smallest absolute Gasteiger partial charge is 0.180 e. The molecule has 100 valence electrons. The Morgan fingerprint density at radius 2 is 2.05 bits per heavy atom. The molecule has 4 heteroatoms. The predicted octanol–water partition coefficient (Wildman–Crippen LogP) is 3.23. The number of nitrogens with one attached hydrogen (secondary N) is 1. The van der Waals surface area contributed by atoms with Crippen LogP contribution in [0.3, 0.4) is 0 Å². The summed E-state index contributed by atoms with van der Waals surface area (Å²) in [7, 11) is 0. The zero-order chi connectivity index (χ0) is 13.7. The third-order valence-electron chi connectivity index (χ3n) is 2.86. The molecule has 0 bridgehead atoms. The standard InChI is InChI=1S/C15H20N4/c1-4-7-12-10-13(16-5-2)19-15(18-12)14-11(3)8-6-9-17-14/h6,8-10H,4-5,7H2,1-3H3,(H,16,18,19). The van der Waals surface area contributed by atoms with Gasteiger partial charge in [0.25, 0.3) is 0 Å². The summed E-state index contributed by atoms with van der Waals surface area (Å²) < 4.78 is 0. The van der Waals surface area contributed by atoms with Crippen LogP contribution in [0.2, 0.25) is 0 Å². The molecule has 2 aromatic heterocycles. The molecular weight excluding hydrogens is 236 g/mol. The van der Waals surface area contributed by atoms with Crippen LogP contribution in [-0.4, -0.2) is 21.5 Å². The van der Waals surface area contributed by atoms with Gasteiger partial charge in [0.2, 0.25) is 0 Å². The molecule has 1 N–H and O–H groups in total. The zero-order valence-corrected chi connectivity index (χ0v) is 11.8. The van der Waals surface area contributed by atoms with E-state index in [0.717, 1.165) is 42.2 Å². The SMILES string of the molecule is CCCc1cc(NCC)nc(-c2ncccc2C)n1. The number of hydrogen-bond donors (Lipinski definition) is 1. The van der Waals surface area contributed by atoms with Crippen molar-refractivity contribution in [2.24, 2.45) is 0 Å². The molecule has 0 saturated carbocycles. The molecule has 0 spiro atoms. The van der Waals surface area contributed by atoms with Gasteiger partial charge in [0, 0.05) is 24.5 Å². The molecule has 0 saturated heterocycles. The third kappa shape index (κ3) is 3.28. The summed E-state index contributed by atoms with van der Waals surface area (Å²) in [6, 6.07) is 5.99. The molecule has 0 amide bonds. The fourth-order valence-electron chi connectivity index (χ4n) is 1.98. The van der Waals surface area contributed by atoms with E-state index >= 15 is 0 Å². The molecule has 2 heterocycles. The number of aromatic nitrogens is 3. The third-order valence-corrected chi connectivity index (χ3v) is 2.86. The van der Waals surface area contributed by atoms with Gasteiger partial charge >= 0.3 is 0 Å². The van der Waals surface area contributed by atoms with Gasteiger partial charge in [-0.25, -0.2) is 9.97 Å². The minimum absolute atomic E-state index is 0.708. The van der Waals surface area contributed by atoms with E-state index in [9.17, 15) is 0 Å². The van der Waals surface area contributed by atoms with Crippen LogP contribution in [0.1, 0.15) is 31.5 Å². The summed E-state index contributed by atoms with van der Waals surface area (Å²) in [4.78, 5) is 13.6. The molecule has 0 atom stereocenters. The number of anilines is 1. The van der Waals surface area contributed by atoms with Crippen molar-refractivity contribution in [2.45, 2.75) is 33.6 Å². The molecule has 0 aliphatic rings. The van der Waals surface area contributed by atoms with E-state index in [0.29, 0.717) is 5.82 Å². The first-order valence-electron chi connectivity index (χ1n) is 6.78. The second kappa shape index (κ2) is 6.27. The van der Waals surface area contributed by atoms with Crippen molar-refractivity contribution in [2.75, 3.05) is 11.9 Å². The Morgan fingerprint density at radius 1 is 1.21 bits per heavy atom. The van der Waals surface area contributed by atoms with E-state index in [-0.39, 0.29) is 0 Å². The number of rotatable bonds is 5. The Balaban J connectivity index is 2.46. The molecule has 0 aliphatic carbocycles. The van der Waals surface area contributed by atoms with Crippen LogP contribution in [0, 0.1) is 6.92 Å². The normalized spacial score (nSPS) is 10.5. The molecule has 0 unspecified atom stereocenters. The first kappa shape index (κ1) is 13.5. The van der Waals surface area contributed by atoms with Gasteiger partial charge < -0.3 is 5.32 Å². The Labute approximate surface area is 114 Å². The van der Waals surface area contributed by atoms with E-state index in [1.807, 2.05) is 25.1 Å². The van der Waals surface area contributed by atoms with Crippen LogP contribution in [0.5, 0.6) is 0 Å². The Hall–Kier alpha value is -1.97. The van der Waals surface area contributed by atoms with Crippen LogP contribution >= 0.6 is 0 Å². The number of aryl methyl sites for hydroxylation is 2. The molecule has 4 nitrogen and oxygen atoms in total. The molecule has 2 rings (SSSR count). The van der Waals surface area contributed by atoms with Crippen molar-refractivity contribution in [1.29, 1.82) is 0 Å². The van der Waals surface area contributed by atoms with Gasteiger partial charge in [0.05, 0.1) is 0 Å². The largest absolute Gasteiger partial charge is 0.370 e. The quantitative estimate of drug-likeness (QED) is 0.892. The van der Waals surface area contributed by atoms with Gasteiger partial charge in [-0.2, -0.15) is 0 Å². The molecule has 19 heavy (non-hydrogen) atoms. The average Bonchev–Trinajstić information content (AvgIpc) is 2.40. The summed E-state index contributed by atoms with van der Waals surface area (Å²) in [6.45, 7) is 7.10. The summed E-state index contributed by atoms with van der Waals surface area (Å²) in [5.74, 6) is 1.58. The summed E-state index contributed by atoms with van der Waals surface area (Å²) in [6.07, 6.45) is 3.81. The maximum atomic E-state index is 4.62. The average molecular weight is 256 g/mol. The highest BCUT2D eigenvalue weighted by molar-refractivity contribution is 5.56. The first-order valence-corrected chi connectivity index (χ1v) is 6.78. The molecule has 0 aliphatic heterocycles. The minimum Gasteiger partial charge on any atom is -0.370 e. The monoisotopic (exact) mass is 256 g/mol. The fourth-order valence-corrected chi connectivity index (χ4v) is 1.98. The van der Waals surface area contributed by atoms with E-state index in [1.54, 1.807) is 6.20 Å². The molecule has 0 fully saturated rings. The van der Waals surface area contributed by atoms with E-state index in [2.05, 4.69) is 34.1 Å². The number of nitrogens with zero attached hydrogens (tertiary/aromatic N) is 3. The van der Waals surface area contributed by atoms with Crippen LogP contribution in [-0.2, 0) is 6.42 Å². The lowest BCUT2D eigenvalue weighted by Crippen LogP contribution is -2.05. The predicted molar refractivity (Wildman–Crippen MR) is 78.2 cm³/mol. The van der Waals surface area contributed by atoms with Crippen LogP contribution < -0.4 is 5.32 Å². The fraction of sp³-hybridized carbons (Fsp3) is 0.400. The van der Waals surface area contributed by atoms with Crippen molar-refractivity contribution < 1.29 is 0 Å². The minimum atomic E-state index is 0.708. The molecule has 0 radical (unpaired) electrons. The van der Waals surface area contributed by atoms with Crippen molar-refractivity contribution in [3.8, 4) is 11.5 Å². The van der Waals surface area contributed by atoms with Crippen molar-refractivity contribution in [1.82, 2.24) is 15.0 Å². The molecular formula is C15H20N4. The maximum absolute atomic E-state index is 4.62. The van der Waals surface area contributed by atoms with Gasteiger partial charge in [-0.1, -0.05) is 19.4 Å². The highest BCUT2D eigenvalue weighted by Gasteiger charge is 2.09. The van der Waals surface area contributed by atoms with E-state index in [4.69, 9.17) is 0 Å². The zero-order valence-electron chi connectivity index (χ0n) is 11.8. The van der Waals surface area contributed by atoms with Gasteiger partial charge in [0.15, 0.2) is 5.82 Å². The second-order valence-electron chi connectivity index (χ2n) is 4.52. The second-order valence-corrected chi connectivity index (χ2v) is 4.52. The highest BCUT2D eigenvalue weighted by atomic mass is 15.0. The lowest BCUT2D eigenvalue weighted by atomic mass is 10.2. The number of pyridine rings is 1. The Kier molecular flexibility index (Phi) is 4.44. The van der Waals surface area contributed by atoms with Crippen molar-refractivity contribution >= 4 is 5.82 Å². The summed E-state index contributed by atoms with van der Waals surface area (Å²) >= 11 is 0. The Bertz CT molecular complexity index is 527. The van der Waals surface area contributed by atoms with Crippen molar-refractivity contribution in [3.05, 3.63) is 35.7 Å². The molecule has 2 aromatic rings. The van der Waals surface area contributed by atoms with Gasteiger partial charge in [0.1, 0.15) is 11.5 Å². The summed E-state index contributed by atoms with van der Waals surface area (Å²) in [5.41, 5.74) is 3.02. The highest BCUT2D eigenvalue weighted by Crippen LogP contribution is 2.19. The maximum Gasteiger partial charge on any atom is 0.180 e. The lowest BCUT2D eigenvalue weighted by Gasteiger charge is -2.09.